The summed E-state index contributed by atoms with van der Waals surface area (Å²) in [5.41, 5.74) is -1.22. The minimum atomic E-state index is -3.89. The number of sulfonamides is 1. The van der Waals surface area contributed by atoms with Crippen LogP contribution in [0.2, 0.25) is 5.02 Å². The SMILES string of the molecule is O=S(=O)(NC[C@@](O)(c1cccs1)C1CC1)c1ccc(F)c(Cl)c1. The molecule has 1 aromatic carbocycles. The first-order valence-electron chi connectivity index (χ1n) is 7.04. The van der Waals surface area contributed by atoms with Crippen LogP contribution in [0.15, 0.2) is 40.6 Å². The lowest BCUT2D eigenvalue weighted by Crippen LogP contribution is -2.41. The first kappa shape index (κ1) is 16.9. The average molecular weight is 376 g/mol. The number of aliphatic hydroxyl groups is 1. The molecule has 1 aliphatic rings. The second-order valence-corrected chi connectivity index (χ2v) is 8.70. The highest BCUT2D eigenvalue weighted by atomic mass is 35.5. The molecule has 23 heavy (non-hydrogen) atoms. The monoisotopic (exact) mass is 375 g/mol. The van der Waals surface area contributed by atoms with Gasteiger partial charge in [-0.15, -0.1) is 11.3 Å². The van der Waals surface area contributed by atoms with Crippen LogP contribution in [0.1, 0.15) is 17.7 Å². The van der Waals surface area contributed by atoms with Gasteiger partial charge in [0.1, 0.15) is 11.4 Å². The van der Waals surface area contributed by atoms with Gasteiger partial charge in [-0.25, -0.2) is 17.5 Å². The second kappa shape index (κ2) is 6.14. The Morgan fingerprint density at radius 2 is 2.13 bits per heavy atom. The van der Waals surface area contributed by atoms with Crippen molar-refractivity contribution in [3.63, 3.8) is 0 Å². The Hall–Kier alpha value is -0.990. The fourth-order valence-corrected chi connectivity index (χ4v) is 4.70. The summed E-state index contributed by atoms with van der Waals surface area (Å²) in [4.78, 5) is 0.605. The summed E-state index contributed by atoms with van der Waals surface area (Å²) in [5, 5.41) is 12.5. The molecule has 3 rings (SSSR count). The van der Waals surface area contributed by atoms with Crippen LogP contribution in [0.3, 0.4) is 0 Å². The van der Waals surface area contributed by atoms with Crippen molar-refractivity contribution in [1.82, 2.24) is 4.72 Å². The molecule has 8 heteroatoms. The van der Waals surface area contributed by atoms with E-state index >= 15 is 0 Å². The Kier molecular flexibility index (Phi) is 4.50. The first-order valence-corrected chi connectivity index (χ1v) is 9.78. The van der Waals surface area contributed by atoms with Gasteiger partial charge in [0.15, 0.2) is 0 Å². The van der Waals surface area contributed by atoms with Gasteiger partial charge in [0, 0.05) is 11.4 Å². The summed E-state index contributed by atoms with van der Waals surface area (Å²) in [6.07, 6.45) is 1.72. The van der Waals surface area contributed by atoms with E-state index in [0.29, 0.717) is 0 Å². The van der Waals surface area contributed by atoms with E-state index in [0.717, 1.165) is 35.9 Å². The van der Waals surface area contributed by atoms with Crippen molar-refractivity contribution in [2.24, 2.45) is 5.92 Å². The normalized spacial score (nSPS) is 17.9. The van der Waals surface area contributed by atoms with E-state index < -0.39 is 21.4 Å². The second-order valence-electron chi connectivity index (χ2n) is 5.58. The van der Waals surface area contributed by atoms with Crippen molar-refractivity contribution in [2.45, 2.75) is 23.3 Å². The van der Waals surface area contributed by atoms with Crippen molar-refractivity contribution >= 4 is 33.0 Å². The number of benzene rings is 1. The van der Waals surface area contributed by atoms with Crippen LogP contribution in [0.4, 0.5) is 4.39 Å². The zero-order chi connectivity index (χ0) is 16.7. The van der Waals surface area contributed by atoms with E-state index in [1.807, 2.05) is 11.4 Å². The summed E-state index contributed by atoms with van der Waals surface area (Å²) in [5.74, 6) is -0.639. The average Bonchev–Trinajstić information content (AvgIpc) is 3.23. The number of rotatable bonds is 6. The third-order valence-electron chi connectivity index (χ3n) is 3.93. The van der Waals surface area contributed by atoms with Crippen LogP contribution in [-0.4, -0.2) is 20.1 Å². The molecule has 0 aliphatic heterocycles. The smallest absolute Gasteiger partial charge is 0.240 e. The van der Waals surface area contributed by atoms with E-state index in [1.54, 1.807) is 6.07 Å². The van der Waals surface area contributed by atoms with Crippen LogP contribution in [0, 0.1) is 11.7 Å². The Bertz CT molecular complexity index is 806. The Balaban J connectivity index is 1.81. The number of nitrogens with one attached hydrogen (secondary N) is 1. The van der Waals surface area contributed by atoms with Crippen LogP contribution < -0.4 is 4.72 Å². The molecule has 1 heterocycles. The van der Waals surface area contributed by atoms with E-state index in [2.05, 4.69) is 4.72 Å². The third-order valence-corrected chi connectivity index (χ3v) is 6.66. The van der Waals surface area contributed by atoms with Crippen LogP contribution in [0.25, 0.3) is 0 Å². The summed E-state index contributed by atoms with van der Waals surface area (Å²) in [7, 11) is -3.89. The standard InChI is InChI=1S/C15H15ClFNO3S2/c16-12-8-11(5-6-13(12)17)23(20,21)18-9-15(19,10-3-4-10)14-2-1-7-22-14/h1-2,5-8,10,18-19H,3-4,9H2/t15-/m0/s1. The number of hydrogen-bond donors (Lipinski definition) is 2. The highest BCUT2D eigenvalue weighted by molar-refractivity contribution is 7.89. The van der Waals surface area contributed by atoms with Crippen molar-refractivity contribution in [3.05, 3.63) is 51.4 Å². The van der Waals surface area contributed by atoms with Gasteiger partial charge >= 0.3 is 0 Å². The molecule has 0 saturated heterocycles. The van der Waals surface area contributed by atoms with E-state index in [4.69, 9.17) is 11.6 Å². The minimum absolute atomic E-state index is 0.0423. The molecular formula is C15H15ClFNO3S2. The fraction of sp³-hybridized carbons (Fsp3) is 0.333. The summed E-state index contributed by atoms with van der Waals surface area (Å²) in [6.45, 7) is -0.129. The van der Waals surface area contributed by atoms with Gasteiger partial charge in [-0.05, 0) is 48.4 Å². The van der Waals surface area contributed by atoms with Crippen LogP contribution in [0.5, 0.6) is 0 Å². The van der Waals surface area contributed by atoms with Crippen LogP contribution in [-0.2, 0) is 15.6 Å². The van der Waals surface area contributed by atoms with Gasteiger partial charge in [0.05, 0.1) is 9.92 Å². The Morgan fingerprint density at radius 3 is 2.70 bits per heavy atom. The van der Waals surface area contributed by atoms with E-state index in [9.17, 15) is 17.9 Å². The molecule has 2 aromatic rings. The van der Waals surface area contributed by atoms with Gasteiger partial charge in [-0.2, -0.15) is 0 Å². The Morgan fingerprint density at radius 1 is 1.39 bits per heavy atom. The zero-order valence-corrected chi connectivity index (χ0v) is 14.4. The molecule has 0 unspecified atom stereocenters. The lowest BCUT2D eigenvalue weighted by Gasteiger charge is -2.27. The third kappa shape index (κ3) is 3.44. The molecule has 1 aliphatic carbocycles. The van der Waals surface area contributed by atoms with Crippen molar-refractivity contribution < 1.29 is 17.9 Å². The fourth-order valence-electron chi connectivity index (χ4n) is 2.45. The molecule has 1 fully saturated rings. The number of hydrogen-bond acceptors (Lipinski definition) is 4. The molecule has 4 nitrogen and oxygen atoms in total. The number of thiophene rings is 1. The molecule has 1 saturated carbocycles. The summed E-state index contributed by atoms with van der Waals surface area (Å²) < 4.78 is 40.3. The molecule has 0 bridgehead atoms. The largest absolute Gasteiger partial charge is 0.383 e. The van der Waals surface area contributed by atoms with Gasteiger partial charge in [-0.1, -0.05) is 17.7 Å². The molecule has 1 aromatic heterocycles. The van der Waals surface area contributed by atoms with Gasteiger partial charge in [-0.3, -0.25) is 0 Å². The predicted molar refractivity (Wildman–Crippen MR) is 87.5 cm³/mol. The minimum Gasteiger partial charge on any atom is -0.383 e. The highest BCUT2D eigenvalue weighted by Gasteiger charge is 2.46. The molecule has 0 spiro atoms. The number of halogens is 2. The van der Waals surface area contributed by atoms with Gasteiger partial charge < -0.3 is 5.11 Å². The van der Waals surface area contributed by atoms with Gasteiger partial charge in [0.2, 0.25) is 10.0 Å². The van der Waals surface area contributed by atoms with Crippen molar-refractivity contribution in [3.8, 4) is 0 Å². The maximum atomic E-state index is 13.2. The van der Waals surface area contributed by atoms with E-state index in [-0.39, 0.29) is 22.4 Å². The highest BCUT2D eigenvalue weighted by Crippen LogP contribution is 2.46. The Labute approximate surface area is 143 Å². The zero-order valence-electron chi connectivity index (χ0n) is 12.0. The molecule has 0 radical (unpaired) electrons. The maximum Gasteiger partial charge on any atom is 0.240 e. The summed E-state index contributed by atoms with van der Waals surface area (Å²) in [6, 6.07) is 6.82. The predicted octanol–water partition coefficient (Wildman–Crippen LogP) is 3.12. The quantitative estimate of drug-likeness (QED) is 0.815. The molecule has 0 amide bonds. The van der Waals surface area contributed by atoms with E-state index in [1.165, 1.54) is 11.3 Å². The molecule has 2 N–H and O–H groups in total. The lowest BCUT2D eigenvalue weighted by atomic mass is 9.96. The maximum absolute atomic E-state index is 13.2. The van der Waals surface area contributed by atoms with Crippen molar-refractivity contribution in [1.29, 1.82) is 0 Å². The first-order chi connectivity index (χ1) is 10.8. The van der Waals surface area contributed by atoms with Crippen LogP contribution >= 0.6 is 22.9 Å². The lowest BCUT2D eigenvalue weighted by molar-refractivity contribution is 0.0222. The molecule has 124 valence electrons. The van der Waals surface area contributed by atoms with Gasteiger partial charge in [0.25, 0.3) is 0 Å². The van der Waals surface area contributed by atoms with Crippen molar-refractivity contribution in [2.75, 3.05) is 6.54 Å². The molecule has 1 atom stereocenters. The summed E-state index contributed by atoms with van der Waals surface area (Å²) >= 11 is 7.03. The topological polar surface area (TPSA) is 66.4 Å². The molecular weight excluding hydrogens is 361 g/mol.